The topological polar surface area (TPSA) is 76.3 Å². The number of hydrogen-bond acceptors (Lipinski definition) is 6. The summed E-state index contributed by atoms with van der Waals surface area (Å²) in [5, 5.41) is 6.79. The van der Waals surface area contributed by atoms with Crippen molar-refractivity contribution in [3.05, 3.63) is 50.0 Å². The maximum absolute atomic E-state index is 12.8. The molecule has 1 amide bonds. The second kappa shape index (κ2) is 8.58. The molecule has 1 unspecified atom stereocenters. The van der Waals surface area contributed by atoms with Gasteiger partial charge in [-0.3, -0.25) is 14.2 Å². The highest BCUT2D eigenvalue weighted by atomic mass is 32.1. The average molecular weight is 403 g/mol. The summed E-state index contributed by atoms with van der Waals surface area (Å²) in [4.78, 5) is 32.6. The van der Waals surface area contributed by atoms with E-state index in [1.54, 1.807) is 18.3 Å². The highest BCUT2D eigenvalue weighted by molar-refractivity contribution is 7.18. The second-order valence-electron chi connectivity index (χ2n) is 6.18. The van der Waals surface area contributed by atoms with Gasteiger partial charge in [-0.1, -0.05) is 26.3 Å². The fourth-order valence-corrected chi connectivity index (χ4v) is 4.60. The van der Waals surface area contributed by atoms with Crippen LogP contribution in [0, 0.1) is 0 Å². The summed E-state index contributed by atoms with van der Waals surface area (Å²) in [6.07, 6.45) is 4.10. The number of carbonyl (C=O) groups is 1. The highest BCUT2D eigenvalue weighted by Gasteiger charge is 2.19. The zero-order valence-electron chi connectivity index (χ0n) is 15.6. The quantitative estimate of drug-likeness (QED) is 0.480. The van der Waals surface area contributed by atoms with Crippen LogP contribution in [0.2, 0.25) is 0 Å². The summed E-state index contributed by atoms with van der Waals surface area (Å²) in [5.74, 6) is -0.343. The predicted molar refractivity (Wildman–Crippen MR) is 112 cm³/mol. The molecule has 0 saturated heterocycles. The third-order valence-electron chi connectivity index (χ3n) is 4.26. The number of nitrogens with one attached hydrogen (secondary N) is 1. The SMILES string of the molecule is CCCc1cc2c(=O)n(C(C)C(=O)N/N=C(\CC)c3cccs3)cnc2s1. The molecule has 0 aliphatic heterocycles. The summed E-state index contributed by atoms with van der Waals surface area (Å²) in [7, 11) is 0. The third kappa shape index (κ3) is 4.17. The number of fused-ring (bicyclic) bond motifs is 1. The number of hydrogen-bond donors (Lipinski definition) is 1. The predicted octanol–water partition coefficient (Wildman–Crippen LogP) is 3.96. The molecule has 8 heteroatoms. The molecule has 142 valence electrons. The Balaban J connectivity index is 1.82. The Kier molecular flexibility index (Phi) is 6.18. The van der Waals surface area contributed by atoms with Crippen molar-refractivity contribution in [1.29, 1.82) is 0 Å². The Morgan fingerprint density at radius 2 is 2.22 bits per heavy atom. The van der Waals surface area contributed by atoms with Crippen molar-refractivity contribution in [2.45, 2.75) is 46.1 Å². The number of nitrogens with zero attached hydrogens (tertiary/aromatic N) is 3. The van der Waals surface area contributed by atoms with Crippen LogP contribution >= 0.6 is 22.7 Å². The molecule has 3 aromatic heterocycles. The van der Waals surface area contributed by atoms with Gasteiger partial charge in [-0.2, -0.15) is 5.10 Å². The van der Waals surface area contributed by atoms with Crippen molar-refractivity contribution in [2.24, 2.45) is 5.10 Å². The van der Waals surface area contributed by atoms with E-state index in [9.17, 15) is 9.59 Å². The van der Waals surface area contributed by atoms with Crippen molar-refractivity contribution in [1.82, 2.24) is 15.0 Å². The van der Waals surface area contributed by atoms with Gasteiger partial charge in [0.15, 0.2) is 0 Å². The van der Waals surface area contributed by atoms with Crippen molar-refractivity contribution in [3.8, 4) is 0 Å². The smallest absolute Gasteiger partial charge is 0.263 e. The van der Waals surface area contributed by atoms with Gasteiger partial charge in [0.1, 0.15) is 10.9 Å². The van der Waals surface area contributed by atoms with E-state index in [0.717, 1.165) is 33.1 Å². The Labute approximate surface area is 165 Å². The van der Waals surface area contributed by atoms with Crippen molar-refractivity contribution < 1.29 is 4.79 Å². The Morgan fingerprint density at radius 3 is 2.89 bits per heavy atom. The molecule has 0 radical (unpaired) electrons. The van der Waals surface area contributed by atoms with Crippen LogP contribution in [0.4, 0.5) is 0 Å². The molecular formula is C19H22N4O2S2. The fraction of sp³-hybridized carbons (Fsp3) is 0.368. The molecule has 6 nitrogen and oxygen atoms in total. The summed E-state index contributed by atoms with van der Waals surface area (Å²) in [5.41, 5.74) is 3.21. The third-order valence-corrected chi connectivity index (χ3v) is 6.28. The van der Waals surface area contributed by atoms with Gasteiger partial charge in [-0.25, -0.2) is 10.4 Å². The molecule has 0 aliphatic carbocycles. The first kappa shape index (κ1) is 19.4. The van der Waals surface area contributed by atoms with Crippen LogP contribution in [-0.2, 0) is 11.2 Å². The molecule has 0 aliphatic rings. The van der Waals surface area contributed by atoms with Gasteiger partial charge in [0.2, 0.25) is 0 Å². The summed E-state index contributed by atoms with van der Waals surface area (Å²) in [6.45, 7) is 5.76. The molecule has 0 saturated carbocycles. The molecule has 0 spiro atoms. The number of aromatic nitrogens is 2. The summed E-state index contributed by atoms with van der Waals surface area (Å²) >= 11 is 3.11. The first-order chi connectivity index (χ1) is 13.0. The molecule has 1 atom stereocenters. The zero-order valence-corrected chi connectivity index (χ0v) is 17.2. The number of thiophene rings is 2. The summed E-state index contributed by atoms with van der Waals surface area (Å²) < 4.78 is 1.37. The lowest BCUT2D eigenvalue weighted by Gasteiger charge is -2.13. The van der Waals surface area contributed by atoms with Gasteiger partial charge in [-0.05, 0) is 37.3 Å². The van der Waals surface area contributed by atoms with E-state index >= 15 is 0 Å². The molecule has 0 aromatic carbocycles. The molecule has 3 heterocycles. The lowest BCUT2D eigenvalue weighted by Crippen LogP contribution is -2.34. The number of aryl methyl sites for hydroxylation is 1. The monoisotopic (exact) mass is 402 g/mol. The van der Waals surface area contributed by atoms with Crippen LogP contribution in [-0.4, -0.2) is 21.2 Å². The van der Waals surface area contributed by atoms with Crippen LogP contribution in [0.15, 0.2) is 39.8 Å². The first-order valence-electron chi connectivity index (χ1n) is 8.95. The van der Waals surface area contributed by atoms with Crippen LogP contribution < -0.4 is 11.0 Å². The molecule has 0 fully saturated rings. The van der Waals surface area contributed by atoms with Crippen LogP contribution in [0.1, 0.15) is 49.4 Å². The Hall–Kier alpha value is -2.32. The average Bonchev–Trinajstić information content (AvgIpc) is 3.32. The van der Waals surface area contributed by atoms with E-state index in [-0.39, 0.29) is 11.5 Å². The van der Waals surface area contributed by atoms with E-state index in [4.69, 9.17) is 0 Å². The fourth-order valence-electron chi connectivity index (χ4n) is 2.73. The van der Waals surface area contributed by atoms with Gasteiger partial charge in [-0.15, -0.1) is 22.7 Å². The molecule has 1 N–H and O–H groups in total. The van der Waals surface area contributed by atoms with Crippen molar-refractivity contribution in [3.63, 3.8) is 0 Å². The molecular weight excluding hydrogens is 380 g/mol. The lowest BCUT2D eigenvalue weighted by atomic mass is 10.2. The van der Waals surface area contributed by atoms with Crippen molar-refractivity contribution >= 4 is 44.5 Å². The Bertz CT molecular complexity index is 1020. The minimum Gasteiger partial charge on any atom is -0.286 e. The van der Waals surface area contributed by atoms with E-state index in [2.05, 4.69) is 22.4 Å². The zero-order chi connectivity index (χ0) is 19.4. The van der Waals surface area contributed by atoms with Gasteiger partial charge in [0, 0.05) is 4.88 Å². The van der Waals surface area contributed by atoms with Gasteiger partial charge in [0.25, 0.3) is 11.5 Å². The van der Waals surface area contributed by atoms with Crippen LogP contribution in [0.25, 0.3) is 10.2 Å². The number of rotatable bonds is 7. The van der Waals surface area contributed by atoms with Crippen LogP contribution in [0.3, 0.4) is 0 Å². The summed E-state index contributed by atoms with van der Waals surface area (Å²) in [6, 6.07) is 5.11. The van der Waals surface area contributed by atoms with Gasteiger partial charge >= 0.3 is 0 Å². The maximum Gasteiger partial charge on any atom is 0.263 e. The van der Waals surface area contributed by atoms with Gasteiger partial charge in [0.05, 0.1) is 22.3 Å². The van der Waals surface area contributed by atoms with E-state index < -0.39 is 6.04 Å². The Morgan fingerprint density at radius 1 is 1.41 bits per heavy atom. The molecule has 27 heavy (non-hydrogen) atoms. The normalized spacial score (nSPS) is 13.1. The lowest BCUT2D eigenvalue weighted by molar-refractivity contribution is -0.123. The minimum absolute atomic E-state index is 0.195. The number of carbonyl (C=O) groups excluding carboxylic acids is 1. The molecule has 0 bridgehead atoms. The van der Waals surface area contributed by atoms with E-state index in [0.29, 0.717) is 11.8 Å². The minimum atomic E-state index is -0.700. The number of hydrazone groups is 1. The molecule has 3 rings (SSSR count). The van der Waals surface area contributed by atoms with E-state index in [1.165, 1.54) is 22.2 Å². The van der Waals surface area contributed by atoms with Gasteiger partial charge < -0.3 is 0 Å². The standard InChI is InChI=1S/C19H22N4O2S2/c1-4-7-13-10-14-18(27-13)20-11-23(19(14)25)12(3)17(24)22-21-15(5-2)16-8-6-9-26-16/h6,8-12H,4-5,7H2,1-3H3,(H,22,24)/b21-15+. The first-order valence-corrected chi connectivity index (χ1v) is 10.6. The second-order valence-corrected chi connectivity index (χ2v) is 8.24. The van der Waals surface area contributed by atoms with Crippen molar-refractivity contribution in [2.75, 3.05) is 0 Å². The number of amides is 1. The highest BCUT2D eigenvalue weighted by Crippen LogP contribution is 2.22. The largest absolute Gasteiger partial charge is 0.286 e. The molecule has 3 aromatic rings. The maximum atomic E-state index is 12.8. The van der Waals surface area contributed by atoms with E-state index in [1.807, 2.05) is 30.5 Å². The van der Waals surface area contributed by atoms with Crippen LogP contribution in [0.5, 0.6) is 0 Å².